The highest BCUT2D eigenvalue weighted by Crippen LogP contribution is 2.29. The Bertz CT molecular complexity index is 1030. The summed E-state index contributed by atoms with van der Waals surface area (Å²) in [5, 5.41) is 14.8. The number of pyridine rings is 2. The molecule has 1 fully saturated rings. The Morgan fingerprint density at radius 1 is 1.21 bits per heavy atom. The zero-order valence-electron chi connectivity index (χ0n) is 16.4. The lowest BCUT2D eigenvalue weighted by molar-refractivity contribution is 0.0579. The van der Waals surface area contributed by atoms with Crippen molar-refractivity contribution in [3.63, 3.8) is 0 Å². The van der Waals surface area contributed by atoms with Gasteiger partial charge in [-0.15, -0.1) is 0 Å². The number of anilines is 1. The van der Waals surface area contributed by atoms with Crippen LogP contribution in [0.2, 0.25) is 0 Å². The molecule has 1 saturated carbocycles. The molecule has 8 heteroatoms. The van der Waals surface area contributed by atoms with Crippen LogP contribution >= 0.6 is 0 Å². The summed E-state index contributed by atoms with van der Waals surface area (Å²) in [6.07, 6.45) is 7.29. The molecule has 3 aromatic rings. The Morgan fingerprint density at radius 2 is 2.00 bits per heavy atom. The number of oxime groups is 1. The summed E-state index contributed by atoms with van der Waals surface area (Å²) < 4.78 is 1.92. The van der Waals surface area contributed by atoms with E-state index < -0.39 is 5.60 Å². The maximum Gasteiger partial charge on any atom is 0.174 e. The number of nitrogen functional groups attached to an aromatic ring is 1. The Labute approximate surface area is 163 Å². The molecule has 0 aliphatic heterocycles. The van der Waals surface area contributed by atoms with Crippen LogP contribution in [0.3, 0.4) is 0 Å². The summed E-state index contributed by atoms with van der Waals surface area (Å²) in [6, 6.07) is 3.69. The minimum absolute atomic E-state index is 0.196. The molecule has 0 aromatic carbocycles. The monoisotopic (exact) mass is 382 g/mol. The topological polar surface area (TPSA) is 111 Å². The second kappa shape index (κ2) is 7.35. The summed E-state index contributed by atoms with van der Waals surface area (Å²) in [5.74, 6) is 0.980. The van der Waals surface area contributed by atoms with Crippen LogP contribution in [0.25, 0.3) is 22.1 Å². The molecule has 148 valence electrons. The number of hydrogen-bond acceptors (Lipinski definition) is 7. The van der Waals surface area contributed by atoms with Gasteiger partial charge < -0.3 is 20.2 Å². The van der Waals surface area contributed by atoms with E-state index in [1.807, 2.05) is 16.7 Å². The molecule has 0 saturated heterocycles. The zero-order chi connectivity index (χ0) is 19.7. The quantitative estimate of drug-likeness (QED) is 0.656. The maximum absolute atomic E-state index is 10.5. The van der Waals surface area contributed by atoms with Gasteiger partial charge in [0.2, 0.25) is 0 Å². The molecule has 1 aliphatic carbocycles. The standard InChI is InChI=1S/C20H26N6O2/c1-20(2,27)12-26-15(11-28-25-13-7-4-3-5-8-13)24-17-18(26)16-14(23-19(17)21)9-6-10-22-16/h6,9-10,27H,3-5,7-8,11-12H2,1-2H3,(H2,21,23). The smallest absolute Gasteiger partial charge is 0.174 e. The van der Waals surface area contributed by atoms with Crippen LogP contribution in [0.5, 0.6) is 0 Å². The van der Waals surface area contributed by atoms with Crippen molar-refractivity contribution < 1.29 is 9.94 Å². The van der Waals surface area contributed by atoms with E-state index in [0.717, 1.165) is 24.1 Å². The summed E-state index contributed by atoms with van der Waals surface area (Å²) in [6.45, 7) is 4.04. The van der Waals surface area contributed by atoms with Crippen molar-refractivity contribution in [2.24, 2.45) is 5.16 Å². The van der Waals surface area contributed by atoms with Gasteiger partial charge in [-0.3, -0.25) is 4.98 Å². The van der Waals surface area contributed by atoms with E-state index in [2.05, 4.69) is 20.1 Å². The lowest BCUT2D eigenvalue weighted by Crippen LogP contribution is -2.27. The first kappa shape index (κ1) is 18.6. The van der Waals surface area contributed by atoms with E-state index in [1.54, 1.807) is 20.0 Å². The van der Waals surface area contributed by atoms with Crippen LogP contribution in [0.1, 0.15) is 51.8 Å². The van der Waals surface area contributed by atoms with Crippen molar-refractivity contribution in [2.45, 2.75) is 64.7 Å². The average molecular weight is 382 g/mol. The van der Waals surface area contributed by atoms with Gasteiger partial charge in [-0.2, -0.15) is 0 Å². The maximum atomic E-state index is 10.5. The molecule has 0 bridgehead atoms. The summed E-state index contributed by atoms with van der Waals surface area (Å²) >= 11 is 0. The van der Waals surface area contributed by atoms with Gasteiger partial charge in [0.1, 0.15) is 16.6 Å². The largest absolute Gasteiger partial charge is 0.389 e. The Balaban J connectivity index is 1.77. The highest BCUT2D eigenvalue weighted by Gasteiger charge is 2.23. The van der Waals surface area contributed by atoms with Gasteiger partial charge in [0, 0.05) is 6.20 Å². The van der Waals surface area contributed by atoms with E-state index in [0.29, 0.717) is 34.7 Å². The minimum Gasteiger partial charge on any atom is -0.389 e. The van der Waals surface area contributed by atoms with Crippen LogP contribution in [-0.4, -0.2) is 35.9 Å². The third-order valence-electron chi connectivity index (χ3n) is 4.90. The van der Waals surface area contributed by atoms with E-state index >= 15 is 0 Å². The molecule has 0 unspecified atom stereocenters. The first-order valence-electron chi connectivity index (χ1n) is 9.72. The zero-order valence-corrected chi connectivity index (χ0v) is 16.4. The number of nitrogens with two attached hydrogens (primary N) is 1. The number of rotatable bonds is 5. The van der Waals surface area contributed by atoms with Crippen molar-refractivity contribution in [3.05, 3.63) is 24.2 Å². The van der Waals surface area contributed by atoms with Crippen LogP contribution in [0.15, 0.2) is 23.5 Å². The van der Waals surface area contributed by atoms with E-state index in [4.69, 9.17) is 10.6 Å². The van der Waals surface area contributed by atoms with Crippen molar-refractivity contribution in [3.8, 4) is 0 Å². The van der Waals surface area contributed by atoms with E-state index in [-0.39, 0.29) is 6.61 Å². The molecule has 8 nitrogen and oxygen atoms in total. The predicted octanol–water partition coefficient (Wildman–Crippen LogP) is 3.17. The third-order valence-corrected chi connectivity index (χ3v) is 4.90. The number of aromatic nitrogens is 4. The first-order chi connectivity index (χ1) is 13.4. The predicted molar refractivity (Wildman–Crippen MR) is 109 cm³/mol. The Kier molecular flexibility index (Phi) is 4.89. The van der Waals surface area contributed by atoms with Gasteiger partial charge >= 0.3 is 0 Å². The molecule has 3 heterocycles. The van der Waals surface area contributed by atoms with E-state index in [1.165, 1.54) is 19.3 Å². The first-order valence-corrected chi connectivity index (χ1v) is 9.72. The third kappa shape index (κ3) is 3.77. The van der Waals surface area contributed by atoms with Crippen molar-refractivity contribution in [1.29, 1.82) is 0 Å². The molecular weight excluding hydrogens is 356 g/mol. The lowest BCUT2D eigenvalue weighted by Gasteiger charge is -2.20. The summed E-state index contributed by atoms with van der Waals surface area (Å²) in [5.41, 5.74) is 9.05. The molecule has 28 heavy (non-hydrogen) atoms. The Hall–Kier alpha value is -2.74. The molecule has 3 N–H and O–H groups in total. The summed E-state index contributed by atoms with van der Waals surface area (Å²) in [7, 11) is 0. The fraction of sp³-hybridized carbons (Fsp3) is 0.500. The molecule has 4 rings (SSSR count). The second-order valence-electron chi connectivity index (χ2n) is 7.98. The van der Waals surface area contributed by atoms with Gasteiger partial charge in [0.15, 0.2) is 18.2 Å². The number of aliphatic hydroxyl groups is 1. The van der Waals surface area contributed by atoms with Gasteiger partial charge in [-0.05, 0) is 51.7 Å². The SMILES string of the molecule is CC(C)(O)Cn1c(CON=C2CCCCC2)nc2c(N)nc3cccnc3c21. The molecule has 0 amide bonds. The number of fused-ring (bicyclic) bond motifs is 3. The van der Waals surface area contributed by atoms with Crippen LogP contribution < -0.4 is 5.73 Å². The average Bonchev–Trinajstić information content (AvgIpc) is 3.00. The van der Waals surface area contributed by atoms with Crippen LogP contribution in [0, 0.1) is 0 Å². The fourth-order valence-corrected chi connectivity index (χ4v) is 3.67. The molecule has 0 radical (unpaired) electrons. The second-order valence-corrected chi connectivity index (χ2v) is 7.98. The van der Waals surface area contributed by atoms with Crippen molar-refractivity contribution in [2.75, 3.05) is 5.73 Å². The van der Waals surface area contributed by atoms with Gasteiger partial charge in [-0.25, -0.2) is 9.97 Å². The normalized spacial score (nSPS) is 15.3. The lowest BCUT2D eigenvalue weighted by atomic mass is 9.99. The molecular formula is C20H26N6O2. The highest BCUT2D eigenvalue weighted by atomic mass is 16.6. The highest BCUT2D eigenvalue weighted by molar-refractivity contribution is 6.04. The van der Waals surface area contributed by atoms with Gasteiger partial charge in [0.05, 0.1) is 23.4 Å². The fourth-order valence-electron chi connectivity index (χ4n) is 3.67. The molecule has 0 atom stereocenters. The van der Waals surface area contributed by atoms with E-state index in [9.17, 15) is 5.11 Å². The van der Waals surface area contributed by atoms with Crippen molar-refractivity contribution >= 4 is 33.6 Å². The number of imidazole rings is 1. The molecule has 0 spiro atoms. The van der Waals surface area contributed by atoms with Gasteiger partial charge in [0.25, 0.3) is 0 Å². The van der Waals surface area contributed by atoms with Gasteiger partial charge in [-0.1, -0.05) is 11.6 Å². The number of nitrogens with zero attached hydrogens (tertiary/aromatic N) is 5. The van der Waals surface area contributed by atoms with Crippen LogP contribution in [0.4, 0.5) is 5.82 Å². The van der Waals surface area contributed by atoms with Crippen molar-refractivity contribution in [1.82, 2.24) is 19.5 Å². The number of hydrogen-bond donors (Lipinski definition) is 2. The minimum atomic E-state index is -0.948. The Morgan fingerprint density at radius 3 is 2.75 bits per heavy atom. The summed E-state index contributed by atoms with van der Waals surface area (Å²) in [4.78, 5) is 19.2. The molecule has 1 aliphatic rings. The van der Waals surface area contributed by atoms with Crippen LogP contribution in [-0.2, 0) is 18.0 Å². The molecule has 3 aromatic heterocycles.